The largest absolute Gasteiger partial charge is 0.259 e. The fourth-order valence-electron chi connectivity index (χ4n) is 1.96. The van der Waals surface area contributed by atoms with Gasteiger partial charge in [-0.25, -0.2) is 27.8 Å². The van der Waals surface area contributed by atoms with Crippen LogP contribution in [0.3, 0.4) is 0 Å². The van der Waals surface area contributed by atoms with Crippen LogP contribution in [0.1, 0.15) is 0 Å². The standard InChI is InChI=1S/C14H10ClFN4O2S2/c1-24(21,22)20-14-19-11(8-2-4-9(16)5-3-8)12(23-14)10-6-7-17-13(15)18-10/h2-7H,1H3,(H,19,20). The van der Waals surface area contributed by atoms with Crippen molar-refractivity contribution in [3.63, 3.8) is 0 Å². The molecular formula is C14H10ClFN4O2S2. The molecule has 2 aromatic heterocycles. The van der Waals surface area contributed by atoms with Crippen LogP contribution in [0.4, 0.5) is 9.52 Å². The van der Waals surface area contributed by atoms with Gasteiger partial charge in [0, 0.05) is 11.8 Å². The highest BCUT2D eigenvalue weighted by Crippen LogP contribution is 2.38. The minimum absolute atomic E-state index is 0.0589. The zero-order chi connectivity index (χ0) is 17.3. The monoisotopic (exact) mass is 384 g/mol. The maximum atomic E-state index is 13.2. The zero-order valence-corrected chi connectivity index (χ0v) is 14.6. The van der Waals surface area contributed by atoms with Gasteiger partial charge in [-0.2, -0.15) is 0 Å². The van der Waals surface area contributed by atoms with Crippen LogP contribution in [0, 0.1) is 5.82 Å². The summed E-state index contributed by atoms with van der Waals surface area (Å²) in [5, 5.41) is 0.241. The van der Waals surface area contributed by atoms with Gasteiger partial charge in [0.05, 0.1) is 22.5 Å². The summed E-state index contributed by atoms with van der Waals surface area (Å²) in [6.45, 7) is 0. The van der Waals surface area contributed by atoms with Crippen LogP contribution in [0.5, 0.6) is 0 Å². The molecule has 0 fully saturated rings. The van der Waals surface area contributed by atoms with Crippen molar-refractivity contribution in [3.8, 4) is 21.8 Å². The van der Waals surface area contributed by atoms with E-state index in [0.29, 0.717) is 21.8 Å². The first kappa shape index (κ1) is 16.7. The Balaban J connectivity index is 2.16. The number of hydrogen-bond acceptors (Lipinski definition) is 6. The van der Waals surface area contributed by atoms with Crippen molar-refractivity contribution >= 4 is 38.1 Å². The quantitative estimate of drug-likeness (QED) is 0.696. The average molecular weight is 385 g/mol. The number of anilines is 1. The van der Waals surface area contributed by atoms with E-state index in [1.54, 1.807) is 18.2 Å². The molecular weight excluding hydrogens is 375 g/mol. The summed E-state index contributed by atoms with van der Waals surface area (Å²) in [6, 6.07) is 7.35. The third-order valence-electron chi connectivity index (χ3n) is 2.88. The number of halogens is 2. The van der Waals surface area contributed by atoms with Crippen LogP contribution >= 0.6 is 22.9 Å². The Morgan fingerprint density at radius 2 is 1.88 bits per heavy atom. The summed E-state index contributed by atoms with van der Waals surface area (Å²) in [7, 11) is -3.48. The molecule has 0 aliphatic rings. The van der Waals surface area contributed by atoms with E-state index < -0.39 is 10.0 Å². The highest BCUT2D eigenvalue weighted by Gasteiger charge is 2.18. The van der Waals surface area contributed by atoms with Crippen LogP contribution in [-0.4, -0.2) is 29.6 Å². The lowest BCUT2D eigenvalue weighted by atomic mass is 10.1. The molecule has 0 amide bonds. The molecule has 0 aliphatic carbocycles. The molecule has 1 aromatic carbocycles. The first-order valence-electron chi connectivity index (χ1n) is 6.55. The van der Waals surface area contributed by atoms with Gasteiger partial charge < -0.3 is 0 Å². The van der Waals surface area contributed by atoms with Gasteiger partial charge >= 0.3 is 0 Å². The molecule has 0 spiro atoms. The first-order valence-corrected chi connectivity index (χ1v) is 9.64. The Morgan fingerprint density at radius 3 is 2.50 bits per heavy atom. The number of hydrogen-bond donors (Lipinski definition) is 1. The van der Waals surface area contributed by atoms with Gasteiger partial charge in [0.15, 0.2) is 5.13 Å². The third kappa shape index (κ3) is 3.86. The molecule has 2 heterocycles. The lowest BCUT2D eigenvalue weighted by Gasteiger charge is -2.02. The van der Waals surface area contributed by atoms with E-state index in [2.05, 4.69) is 19.7 Å². The van der Waals surface area contributed by atoms with Crippen molar-refractivity contribution in [2.75, 3.05) is 11.0 Å². The lowest BCUT2D eigenvalue weighted by Crippen LogP contribution is -2.08. The van der Waals surface area contributed by atoms with Crippen LogP contribution < -0.4 is 4.72 Å². The van der Waals surface area contributed by atoms with Crippen molar-refractivity contribution < 1.29 is 12.8 Å². The molecule has 1 N–H and O–H groups in total. The molecule has 0 bridgehead atoms. The average Bonchev–Trinajstić information content (AvgIpc) is 2.90. The fraction of sp³-hybridized carbons (Fsp3) is 0.0714. The Labute approximate surface area is 146 Å². The van der Waals surface area contributed by atoms with E-state index in [1.807, 2.05) is 0 Å². The van der Waals surface area contributed by atoms with Crippen LogP contribution in [0.15, 0.2) is 36.5 Å². The summed E-state index contributed by atoms with van der Waals surface area (Å²) in [5.74, 6) is -0.380. The van der Waals surface area contributed by atoms with Crippen LogP contribution in [-0.2, 0) is 10.0 Å². The summed E-state index contributed by atoms with van der Waals surface area (Å²) in [4.78, 5) is 12.9. The minimum atomic E-state index is -3.48. The predicted octanol–water partition coefficient (Wildman–Crippen LogP) is 3.43. The molecule has 3 rings (SSSR count). The topological polar surface area (TPSA) is 84.8 Å². The second-order valence-corrected chi connectivity index (χ2v) is 7.87. The number of nitrogens with one attached hydrogen (secondary N) is 1. The minimum Gasteiger partial charge on any atom is -0.259 e. The summed E-state index contributed by atoms with van der Waals surface area (Å²) >= 11 is 6.93. The molecule has 0 saturated carbocycles. The molecule has 24 heavy (non-hydrogen) atoms. The Bertz CT molecular complexity index is 990. The van der Waals surface area contributed by atoms with Gasteiger partial charge in [-0.05, 0) is 41.9 Å². The van der Waals surface area contributed by atoms with Crippen LogP contribution in [0.25, 0.3) is 21.8 Å². The molecule has 124 valence electrons. The zero-order valence-electron chi connectivity index (χ0n) is 12.2. The predicted molar refractivity (Wildman–Crippen MR) is 92.0 cm³/mol. The third-order valence-corrected chi connectivity index (χ3v) is 4.75. The van der Waals surface area contributed by atoms with Gasteiger partial charge in [-0.3, -0.25) is 4.72 Å². The van der Waals surface area contributed by atoms with Crippen molar-refractivity contribution in [1.29, 1.82) is 0 Å². The number of thiazole rings is 1. The van der Waals surface area contributed by atoms with Gasteiger partial charge in [0.25, 0.3) is 0 Å². The summed E-state index contributed by atoms with van der Waals surface area (Å²) < 4.78 is 38.4. The van der Waals surface area contributed by atoms with E-state index in [9.17, 15) is 12.8 Å². The molecule has 10 heteroatoms. The number of nitrogens with zero attached hydrogens (tertiary/aromatic N) is 3. The Kier molecular flexibility index (Phi) is 4.48. The van der Waals surface area contributed by atoms with E-state index in [1.165, 1.54) is 18.3 Å². The highest BCUT2D eigenvalue weighted by molar-refractivity contribution is 7.92. The van der Waals surface area contributed by atoms with Crippen LogP contribution in [0.2, 0.25) is 5.28 Å². The maximum absolute atomic E-state index is 13.2. The summed E-state index contributed by atoms with van der Waals surface area (Å²) in [5.41, 5.74) is 1.59. The fourth-order valence-corrected chi connectivity index (χ4v) is 3.90. The highest BCUT2D eigenvalue weighted by atomic mass is 35.5. The van der Waals surface area contributed by atoms with Crippen molar-refractivity contribution in [1.82, 2.24) is 15.0 Å². The van der Waals surface area contributed by atoms with Crippen molar-refractivity contribution in [2.45, 2.75) is 0 Å². The SMILES string of the molecule is CS(=O)(=O)Nc1nc(-c2ccc(F)cc2)c(-c2ccnc(Cl)n2)s1. The number of benzene rings is 1. The maximum Gasteiger partial charge on any atom is 0.231 e. The van der Waals surface area contributed by atoms with Gasteiger partial charge in [0.2, 0.25) is 15.3 Å². The molecule has 3 aromatic rings. The molecule has 0 saturated heterocycles. The second-order valence-electron chi connectivity index (χ2n) is 4.79. The number of sulfonamides is 1. The molecule has 6 nitrogen and oxygen atoms in total. The summed E-state index contributed by atoms with van der Waals surface area (Å²) in [6.07, 6.45) is 2.52. The van der Waals surface area contributed by atoms with Gasteiger partial charge in [-0.15, -0.1) is 0 Å². The van der Waals surface area contributed by atoms with Gasteiger partial charge in [-0.1, -0.05) is 11.3 Å². The van der Waals surface area contributed by atoms with E-state index >= 15 is 0 Å². The molecule has 0 aliphatic heterocycles. The van der Waals surface area contributed by atoms with Crippen molar-refractivity contribution in [2.24, 2.45) is 0 Å². The van der Waals surface area contributed by atoms with E-state index in [0.717, 1.165) is 17.6 Å². The number of rotatable bonds is 4. The second kappa shape index (κ2) is 6.42. The molecule has 0 radical (unpaired) electrons. The van der Waals surface area contributed by atoms with Crippen molar-refractivity contribution in [3.05, 3.63) is 47.6 Å². The lowest BCUT2D eigenvalue weighted by molar-refractivity contribution is 0.606. The smallest absolute Gasteiger partial charge is 0.231 e. The molecule has 0 atom stereocenters. The first-order chi connectivity index (χ1) is 11.3. The van der Waals surface area contributed by atoms with Gasteiger partial charge in [0.1, 0.15) is 5.82 Å². The Hall–Kier alpha value is -2.10. The Morgan fingerprint density at radius 1 is 1.17 bits per heavy atom. The molecule has 0 unspecified atom stereocenters. The van der Waals surface area contributed by atoms with E-state index in [-0.39, 0.29) is 16.2 Å². The number of aromatic nitrogens is 3. The normalized spacial score (nSPS) is 11.5. The van der Waals surface area contributed by atoms with E-state index in [4.69, 9.17) is 11.6 Å².